The van der Waals surface area contributed by atoms with Crippen LogP contribution in [0.2, 0.25) is 0 Å². The van der Waals surface area contributed by atoms with Gasteiger partial charge in [0.25, 0.3) is 5.91 Å². The molecule has 0 aromatic heterocycles. The van der Waals surface area contributed by atoms with Gasteiger partial charge < -0.3 is 10.6 Å². The molecule has 0 aliphatic carbocycles. The van der Waals surface area contributed by atoms with Crippen molar-refractivity contribution in [2.75, 3.05) is 4.90 Å². The Balaban J connectivity index is 1.57. The van der Waals surface area contributed by atoms with Crippen LogP contribution in [0.15, 0.2) is 48.5 Å². The van der Waals surface area contributed by atoms with Gasteiger partial charge in [0.05, 0.1) is 12.2 Å². The van der Waals surface area contributed by atoms with Crippen LogP contribution < -0.4 is 15.5 Å². The van der Waals surface area contributed by atoms with Gasteiger partial charge >= 0.3 is 6.03 Å². The Labute approximate surface area is 184 Å². The molecule has 1 heterocycles. The normalized spacial score (nSPS) is 12.9. The third kappa shape index (κ3) is 4.79. The van der Waals surface area contributed by atoms with Gasteiger partial charge in [-0.05, 0) is 35.4 Å². The maximum absolute atomic E-state index is 13.8. The average molecular weight is 461 g/mol. The van der Waals surface area contributed by atoms with Crippen LogP contribution in [-0.2, 0) is 19.6 Å². The summed E-state index contributed by atoms with van der Waals surface area (Å²) in [5.41, 5.74) is 0.778. The highest BCUT2D eigenvalue weighted by Crippen LogP contribution is 2.28. The zero-order valence-corrected chi connectivity index (χ0v) is 16.9. The first-order chi connectivity index (χ1) is 15.7. The lowest BCUT2D eigenvalue weighted by atomic mass is 10.0. The van der Waals surface area contributed by atoms with E-state index >= 15 is 0 Å². The number of urea groups is 1. The fraction of sp³-hybridized carbons (Fsp3) is 0.130. The predicted molar refractivity (Wildman–Crippen MR) is 109 cm³/mol. The van der Waals surface area contributed by atoms with Crippen LogP contribution in [0.1, 0.15) is 27.0 Å². The molecule has 2 N–H and O–H groups in total. The number of amides is 3. The van der Waals surface area contributed by atoms with E-state index in [1.807, 2.05) is 0 Å². The van der Waals surface area contributed by atoms with Gasteiger partial charge in [-0.2, -0.15) is 0 Å². The van der Waals surface area contributed by atoms with E-state index in [0.717, 1.165) is 12.1 Å². The molecule has 0 atom stereocenters. The van der Waals surface area contributed by atoms with Crippen LogP contribution in [0.5, 0.6) is 0 Å². The number of rotatable bonds is 5. The van der Waals surface area contributed by atoms with Crippen LogP contribution in [0.25, 0.3) is 0 Å². The number of carbonyl (C=O) groups is 2. The fourth-order valence-corrected chi connectivity index (χ4v) is 3.53. The van der Waals surface area contributed by atoms with E-state index in [0.29, 0.717) is 29.4 Å². The maximum Gasteiger partial charge on any atom is 0.322 e. The molecule has 5 nitrogen and oxygen atoms in total. The Morgan fingerprint density at radius 1 is 0.909 bits per heavy atom. The van der Waals surface area contributed by atoms with Gasteiger partial charge in [-0.1, -0.05) is 6.07 Å². The summed E-state index contributed by atoms with van der Waals surface area (Å²) in [6.07, 6.45) is 0. The Morgan fingerprint density at radius 3 is 2.21 bits per heavy atom. The van der Waals surface area contributed by atoms with Crippen molar-refractivity contribution in [2.45, 2.75) is 19.6 Å². The van der Waals surface area contributed by atoms with Crippen molar-refractivity contribution in [1.82, 2.24) is 10.6 Å². The number of nitrogens with zero attached hydrogens (tertiary/aromatic N) is 1. The molecular formula is C23H16F5N3O2. The van der Waals surface area contributed by atoms with E-state index in [2.05, 4.69) is 10.6 Å². The molecule has 1 aliphatic rings. The van der Waals surface area contributed by atoms with Crippen molar-refractivity contribution >= 4 is 17.6 Å². The molecule has 33 heavy (non-hydrogen) atoms. The summed E-state index contributed by atoms with van der Waals surface area (Å²) < 4.78 is 67.8. The molecule has 0 fully saturated rings. The van der Waals surface area contributed by atoms with Gasteiger partial charge in [0.15, 0.2) is 0 Å². The molecule has 1 aliphatic heterocycles. The quantitative estimate of drug-likeness (QED) is 0.548. The second kappa shape index (κ2) is 8.89. The number of benzene rings is 3. The minimum atomic E-state index is -1.14. The molecule has 0 bridgehead atoms. The predicted octanol–water partition coefficient (Wildman–Crippen LogP) is 4.54. The van der Waals surface area contributed by atoms with E-state index in [4.69, 9.17) is 0 Å². The first-order valence-electron chi connectivity index (χ1n) is 9.76. The molecule has 4 rings (SSSR count). The number of hydrogen-bond donors (Lipinski definition) is 2. The minimum Gasteiger partial charge on any atom is -0.348 e. The van der Waals surface area contributed by atoms with Crippen LogP contribution in [0.4, 0.5) is 32.4 Å². The van der Waals surface area contributed by atoms with Crippen LogP contribution in [0, 0.1) is 29.1 Å². The molecule has 0 unspecified atom stereocenters. The van der Waals surface area contributed by atoms with Crippen LogP contribution in [-0.4, -0.2) is 11.9 Å². The molecule has 3 amide bonds. The first kappa shape index (κ1) is 22.3. The highest BCUT2D eigenvalue weighted by molar-refractivity contribution is 5.99. The lowest BCUT2D eigenvalue weighted by Crippen LogP contribution is -2.43. The molecule has 0 saturated heterocycles. The van der Waals surface area contributed by atoms with Crippen molar-refractivity contribution in [3.63, 3.8) is 0 Å². The smallest absolute Gasteiger partial charge is 0.322 e. The van der Waals surface area contributed by atoms with Gasteiger partial charge in [-0.3, -0.25) is 9.69 Å². The Hall–Kier alpha value is -3.95. The highest BCUT2D eigenvalue weighted by atomic mass is 19.2. The maximum atomic E-state index is 13.8. The molecule has 10 heteroatoms. The topological polar surface area (TPSA) is 61.4 Å². The summed E-state index contributed by atoms with van der Waals surface area (Å²) in [6.45, 7) is -0.513. The number of fused-ring (bicyclic) bond motifs is 1. The number of nitrogens with one attached hydrogen (secondary N) is 2. The lowest BCUT2D eigenvalue weighted by Gasteiger charge is -2.30. The zero-order valence-electron chi connectivity index (χ0n) is 16.9. The van der Waals surface area contributed by atoms with E-state index in [1.165, 1.54) is 17.0 Å². The minimum absolute atomic E-state index is 0.0850. The molecule has 170 valence electrons. The summed E-state index contributed by atoms with van der Waals surface area (Å²) >= 11 is 0. The fourth-order valence-electron chi connectivity index (χ4n) is 3.53. The second-order valence-corrected chi connectivity index (χ2v) is 7.40. The van der Waals surface area contributed by atoms with E-state index in [9.17, 15) is 31.5 Å². The second-order valence-electron chi connectivity index (χ2n) is 7.40. The van der Waals surface area contributed by atoms with Gasteiger partial charge in [0, 0.05) is 42.4 Å². The first-order valence-corrected chi connectivity index (χ1v) is 9.76. The molecular weight excluding hydrogens is 445 g/mol. The number of hydrogen-bond acceptors (Lipinski definition) is 2. The Bertz CT molecular complexity index is 1220. The van der Waals surface area contributed by atoms with Crippen LogP contribution >= 0.6 is 0 Å². The monoisotopic (exact) mass is 461 g/mol. The SMILES string of the molecule is O=C(NCc1c(F)cc(F)cc1F)c1ccc2c(c1)N(Cc1cc(F)cc(F)c1)C(=O)NC2. The molecule has 0 radical (unpaired) electrons. The molecule has 0 saturated carbocycles. The molecule has 3 aromatic rings. The largest absolute Gasteiger partial charge is 0.348 e. The van der Waals surface area contributed by atoms with Crippen molar-refractivity contribution in [3.05, 3.63) is 99.9 Å². The Morgan fingerprint density at radius 2 is 1.55 bits per heavy atom. The Kier molecular flexibility index (Phi) is 5.99. The number of halogens is 5. The van der Waals surface area contributed by atoms with Gasteiger partial charge in [0.2, 0.25) is 0 Å². The van der Waals surface area contributed by atoms with E-state index in [-0.39, 0.29) is 24.2 Å². The van der Waals surface area contributed by atoms with Gasteiger partial charge in [-0.25, -0.2) is 26.7 Å². The van der Waals surface area contributed by atoms with Crippen molar-refractivity contribution in [2.24, 2.45) is 0 Å². The zero-order chi connectivity index (χ0) is 23.7. The molecule has 0 spiro atoms. The van der Waals surface area contributed by atoms with E-state index in [1.54, 1.807) is 6.07 Å². The molecule has 3 aromatic carbocycles. The summed E-state index contributed by atoms with van der Waals surface area (Å²) in [4.78, 5) is 26.2. The van der Waals surface area contributed by atoms with Gasteiger partial charge in [-0.15, -0.1) is 0 Å². The summed E-state index contributed by atoms with van der Waals surface area (Å²) in [5, 5.41) is 4.99. The van der Waals surface area contributed by atoms with Crippen molar-refractivity contribution in [1.29, 1.82) is 0 Å². The van der Waals surface area contributed by atoms with E-state index < -0.39 is 53.1 Å². The highest BCUT2D eigenvalue weighted by Gasteiger charge is 2.25. The number of carbonyl (C=O) groups excluding carboxylic acids is 2. The van der Waals surface area contributed by atoms with Gasteiger partial charge in [0.1, 0.15) is 29.1 Å². The summed E-state index contributed by atoms with van der Waals surface area (Å²) in [6, 6.07) is 7.83. The lowest BCUT2D eigenvalue weighted by molar-refractivity contribution is 0.0950. The standard InChI is InChI=1S/C23H16F5N3O2/c24-15-3-12(4-16(25)6-15)11-31-21-5-13(1-2-14(21)9-30-23(31)33)22(32)29-10-18-19(27)7-17(26)8-20(18)28/h1-8H,9-11H2,(H,29,32)(H,30,33). The van der Waals surface area contributed by atoms with Crippen molar-refractivity contribution in [3.8, 4) is 0 Å². The average Bonchev–Trinajstić information content (AvgIpc) is 2.74. The van der Waals surface area contributed by atoms with Crippen LogP contribution in [0.3, 0.4) is 0 Å². The third-order valence-electron chi connectivity index (χ3n) is 5.11. The third-order valence-corrected chi connectivity index (χ3v) is 5.11. The van der Waals surface area contributed by atoms with Crippen molar-refractivity contribution < 1.29 is 31.5 Å². The number of anilines is 1. The summed E-state index contributed by atoms with van der Waals surface area (Å²) in [5.74, 6) is -5.63. The summed E-state index contributed by atoms with van der Waals surface area (Å²) in [7, 11) is 0.